The van der Waals surface area contributed by atoms with E-state index in [9.17, 15) is 9.59 Å². The molecule has 0 radical (unpaired) electrons. The van der Waals surface area contributed by atoms with Crippen LogP contribution >= 0.6 is 0 Å². The highest BCUT2D eigenvalue weighted by molar-refractivity contribution is 5.93. The number of carbonyl (C=O) groups is 2. The normalized spacial score (nSPS) is 21.8. The van der Waals surface area contributed by atoms with Crippen LogP contribution in [0, 0.1) is 5.92 Å². The highest BCUT2D eigenvalue weighted by Crippen LogP contribution is 2.32. The molecule has 5 rings (SSSR count). The van der Waals surface area contributed by atoms with Gasteiger partial charge in [-0.15, -0.1) is 0 Å². The Morgan fingerprint density at radius 1 is 1.03 bits per heavy atom. The van der Waals surface area contributed by atoms with Gasteiger partial charge in [0.25, 0.3) is 5.91 Å². The fourth-order valence-electron chi connectivity index (χ4n) is 5.38. The molecule has 39 heavy (non-hydrogen) atoms. The van der Waals surface area contributed by atoms with Crippen LogP contribution < -0.4 is 14.8 Å². The molecule has 3 amide bonds. The average Bonchev–Trinajstić information content (AvgIpc) is 3.59. The number of fused-ring (bicyclic) bond motifs is 1. The van der Waals surface area contributed by atoms with Crippen molar-refractivity contribution in [3.63, 3.8) is 0 Å². The first-order valence-corrected chi connectivity index (χ1v) is 13.7. The molecule has 1 aromatic heterocycles. The number of methoxy groups -OCH3 is 2. The number of aryl methyl sites for hydroxylation is 1. The van der Waals surface area contributed by atoms with Crippen molar-refractivity contribution >= 4 is 17.6 Å². The van der Waals surface area contributed by atoms with E-state index in [2.05, 4.69) is 23.3 Å². The van der Waals surface area contributed by atoms with E-state index in [1.807, 2.05) is 50.9 Å². The standard InChI is InChI=1S/C29H38N6O4/c1-32-13-15-33(16-14-32)29(37)30-19-21-11-12-34(20-21)28(36)24-18-23-7-5-4-6-8-25(35(23)31-24)22-9-10-26(38-2)27(17-22)39-3/h4,6,8-10,17-18,21H,5,7,11-16,19-20H2,1-3H3,(H,30,37)/b6-4-,25-8-. The van der Waals surface area contributed by atoms with Crippen LogP contribution in [0.3, 0.4) is 0 Å². The Bertz CT molecular complexity index is 1260. The molecule has 3 aliphatic heterocycles. The van der Waals surface area contributed by atoms with E-state index in [4.69, 9.17) is 14.6 Å². The van der Waals surface area contributed by atoms with Crippen molar-refractivity contribution in [3.05, 3.63) is 59.4 Å². The van der Waals surface area contributed by atoms with E-state index < -0.39 is 0 Å². The van der Waals surface area contributed by atoms with Crippen LogP contribution in [0.1, 0.15) is 34.6 Å². The number of amides is 3. The summed E-state index contributed by atoms with van der Waals surface area (Å²) >= 11 is 0. The Labute approximate surface area is 229 Å². The summed E-state index contributed by atoms with van der Waals surface area (Å²) in [5.74, 6) is 1.46. The van der Waals surface area contributed by atoms with Gasteiger partial charge in [0.05, 0.1) is 19.9 Å². The molecular weight excluding hydrogens is 496 g/mol. The van der Waals surface area contributed by atoms with Gasteiger partial charge in [-0.2, -0.15) is 5.10 Å². The number of hydrogen-bond donors (Lipinski definition) is 1. The molecule has 10 nitrogen and oxygen atoms in total. The second kappa shape index (κ2) is 11.9. The zero-order valence-corrected chi connectivity index (χ0v) is 23.1. The number of rotatable bonds is 6. The predicted molar refractivity (Wildman–Crippen MR) is 149 cm³/mol. The van der Waals surface area contributed by atoms with Crippen molar-refractivity contribution in [3.8, 4) is 11.5 Å². The first kappa shape index (κ1) is 26.8. The van der Waals surface area contributed by atoms with Gasteiger partial charge in [-0.25, -0.2) is 9.48 Å². The van der Waals surface area contributed by atoms with Crippen molar-refractivity contribution in [1.29, 1.82) is 0 Å². The van der Waals surface area contributed by atoms with E-state index in [0.717, 1.165) is 62.4 Å². The molecule has 0 saturated carbocycles. The number of urea groups is 1. The van der Waals surface area contributed by atoms with Gasteiger partial charge in [0.2, 0.25) is 0 Å². The minimum atomic E-state index is -0.0678. The Morgan fingerprint density at radius 2 is 1.82 bits per heavy atom. The molecule has 1 N–H and O–H groups in total. The summed E-state index contributed by atoms with van der Waals surface area (Å²) in [5, 5.41) is 7.87. The van der Waals surface area contributed by atoms with Gasteiger partial charge >= 0.3 is 6.03 Å². The van der Waals surface area contributed by atoms with Gasteiger partial charge in [-0.05, 0) is 62.6 Å². The largest absolute Gasteiger partial charge is 0.493 e. The summed E-state index contributed by atoms with van der Waals surface area (Å²) in [5.41, 5.74) is 3.21. The van der Waals surface area contributed by atoms with Crippen molar-refractivity contribution < 1.29 is 19.1 Å². The number of ether oxygens (including phenoxy) is 2. The lowest BCUT2D eigenvalue weighted by Gasteiger charge is -2.32. The van der Waals surface area contributed by atoms with Gasteiger partial charge in [0, 0.05) is 57.1 Å². The summed E-state index contributed by atoms with van der Waals surface area (Å²) < 4.78 is 12.8. The number of likely N-dealkylation sites (tertiary alicyclic amines) is 1. The number of piperazine rings is 1. The third kappa shape index (κ3) is 5.95. The molecule has 1 unspecified atom stereocenters. The molecule has 2 saturated heterocycles. The van der Waals surface area contributed by atoms with Crippen molar-refractivity contribution in [2.75, 3.05) is 67.1 Å². The Balaban J connectivity index is 1.26. The van der Waals surface area contributed by atoms with Crippen molar-refractivity contribution in [2.45, 2.75) is 19.3 Å². The van der Waals surface area contributed by atoms with E-state index in [1.54, 1.807) is 14.2 Å². The number of benzene rings is 1. The Hall–Kier alpha value is -3.79. The Kier molecular flexibility index (Phi) is 8.21. The third-order valence-corrected chi connectivity index (χ3v) is 7.77. The van der Waals surface area contributed by atoms with Gasteiger partial charge in [-0.1, -0.05) is 12.2 Å². The molecule has 0 aliphatic carbocycles. The maximum Gasteiger partial charge on any atom is 0.317 e. The van der Waals surface area contributed by atoms with Crippen LogP contribution in [0.5, 0.6) is 11.5 Å². The number of aromatic nitrogens is 2. The first-order valence-electron chi connectivity index (χ1n) is 13.7. The lowest BCUT2D eigenvalue weighted by Crippen LogP contribution is -2.51. The first-order chi connectivity index (χ1) is 19.0. The van der Waals surface area contributed by atoms with Crippen molar-refractivity contribution in [1.82, 2.24) is 29.8 Å². The number of allylic oxidation sites excluding steroid dienone is 3. The molecule has 4 heterocycles. The predicted octanol–water partition coefficient (Wildman–Crippen LogP) is 2.71. The van der Waals surface area contributed by atoms with Gasteiger partial charge in [-0.3, -0.25) is 4.79 Å². The summed E-state index contributed by atoms with van der Waals surface area (Å²) in [6.45, 7) is 5.14. The quantitative estimate of drug-likeness (QED) is 0.613. The molecular formula is C29H38N6O4. The molecule has 208 valence electrons. The summed E-state index contributed by atoms with van der Waals surface area (Å²) in [7, 11) is 5.30. The number of likely N-dealkylation sites (N-methyl/N-ethyl adjacent to an activating group) is 1. The van der Waals surface area contributed by atoms with Crippen LogP contribution in [-0.2, 0) is 6.42 Å². The second-order valence-electron chi connectivity index (χ2n) is 10.4. The van der Waals surface area contributed by atoms with Crippen LogP contribution in [-0.4, -0.2) is 103 Å². The van der Waals surface area contributed by atoms with Gasteiger partial charge in [0.1, 0.15) is 0 Å². The smallest absolute Gasteiger partial charge is 0.317 e. The van der Waals surface area contributed by atoms with Crippen LogP contribution in [0.25, 0.3) is 5.70 Å². The molecule has 1 aromatic carbocycles. The summed E-state index contributed by atoms with van der Waals surface area (Å²) in [4.78, 5) is 32.0. The third-order valence-electron chi connectivity index (χ3n) is 7.77. The monoisotopic (exact) mass is 534 g/mol. The Morgan fingerprint density at radius 3 is 2.59 bits per heavy atom. The average molecular weight is 535 g/mol. The van der Waals surface area contributed by atoms with Crippen LogP contribution in [0.15, 0.2) is 42.5 Å². The fourth-order valence-corrected chi connectivity index (χ4v) is 5.38. The van der Waals surface area contributed by atoms with Gasteiger partial charge in [0.15, 0.2) is 17.2 Å². The summed E-state index contributed by atoms with van der Waals surface area (Å²) in [6, 6.07) is 7.67. The fraction of sp³-hybridized carbons (Fsp3) is 0.483. The zero-order chi connectivity index (χ0) is 27.4. The topological polar surface area (TPSA) is 92.2 Å². The molecule has 2 fully saturated rings. The molecule has 0 spiro atoms. The summed E-state index contributed by atoms with van der Waals surface area (Å²) in [6.07, 6.45) is 8.68. The van der Waals surface area contributed by atoms with Crippen LogP contribution in [0.4, 0.5) is 4.79 Å². The zero-order valence-electron chi connectivity index (χ0n) is 23.1. The van der Waals surface area contributed by atoms with E-state index >= 15 is 0 Å². The molecule has 0 bridgehead atoms. The maximum atomic E-state index is 13.5. The number of carbonyl (C=O) groups excluding carboxylic acids is 2. The lowest BCUT2D eigenvalue weighted by molar-refractivity contribution is 0.0781. The van der Waals surface area contributed by atoms with Crippen molar-refractivity contribution in [2.24, 2.45) is 5.92 Å². The minimum Gasteiger partial charge on any atom is -0.493 e. The second-order valence-corrected chi connectivity index (χ2v) is 10.4. The minimum absolute atomic E-state index is 0.00938. The molecule has 2 aromatic rings. The molecule has 1 atom stereocenters. The number of hydrogen-bond acceptors (Lipinski definition) is 6. The van der Waals surface area contributed by atoms with Gasteiger partial charge < -0.3 is 29.5 Å². The number of nitrogens with one attached hydrogen (secondary N) is 1. The van der Waals surface area contributed by atoms with Crippen LogP contribution in [0.2, 0.25) is 0 Å². The highest BCUT2D eigenvalue weighted by Gasteiger charge is 2.30. The SMILES string of the molecule is COc1ccc(/C2=C/C=C\CCc3cc(C(=O)N4CCC(CNC(=O)N5CCN(C)CC5)C4)nn32)cc1OC. The highest BCUT2D eigenvalue weighted by atomic mass is 16.5. The molecule has 10 heteroatoms. The number of nitrogens with zero attached hydrogens (tertiary/aromatic N) is 5. The maximum absolute atomic E-state index is 13.5. The molecule has 3 aliphatic rings. The van der Waals surface area contributed by atoms with E-state index in [0.29, 0.717) is 36.8 Å². The van der Waals surface area contributed by atoms with E-state index in [-0.39, 0.29) is 17.9 Å². The van der Waals surface area contributed by atoms with E-state index in [1.165, 1.54) is 0 Å². The lowest BCUT2D eigenvalue weighted by atomic mass is 10.1.